The van der Waals surface area contributed by atoms with E-state index in [1.807, 2.05) is 11.9 Å². The van der Waals surface area contributed by atoms with Gasteiger partial charge in [0.2, 0.25) is 15.9 Å². The van der Waals surface area contributed by atoms with Gasteiger partial charge in [0, 0.05) is 19.6 Å². The van der Waals surface area contributed by atoms with E-state index in [1.165, 1.54) is 10.6 Å². The molecule has 0 aromatic rings. The second kappa shape index (κ2) is 6.65. The number of carbonyl (C=O) groups excluding carboxylic acids is 1. The molecule has 0 radical (unpaired) electrons. The molecule has 0 bridgehead atoms. The number of rotatable bonds is 3. The van der Waals surface area contributed by atoms with Gasteiger partial charge in [0.15, 0.2) is 0 Å². The molecular formula is C15H28N2O3S. The molecule has 1 atom stereocenters. The Morgan fingerprint density at radius 1 is 1.10 bits per heavy atom. The van der Waals surface area contributed by atoms with Gasteiger partial charge in [-0.15, -0.1) is 0 Å². The van der Waals surface area contributed by atoms with Crippen LogP contribution in [0, 0.1) is 5.92 Å². The summed E-state index contributed by atoms with van der Waals surface area (Å²) in [7, 11) is -1.46. The van der Waals surface area contributed by atoms with Crippen LogP contribution in [0.1, 0.15) is 51.9 Å². The lowest BCUT2D eigenvalue weighted by Crippen LogP contribution is -2.54. The summed E-state index contributed by atoms with van der Waals surface area (Å²) in [6, 6.07) is -0.213. The SMILES string of the molecule is CC1CCC(N(C)C(=O)[C@H]2CCCCN2S(C)(=O)=O)CC1. The molecule has 21 heavy (non-hydrogen) atoms. The van der Waals surface area contributed by atoms with Gasteiger partial charge in [-0.2, -0.15) is 4.31 Å². The molecule has 1 amide bonds. The lowest BCUT2D eigenvalue weighted by atomic mass is 9.86. The Bertz CT molecular complexity index is 469. The topological polar surface area (TPSA) is 57.7 Å². The summed E-state index contributed by atoms with van der Waals surface area (Å²) in [5, 5.41) is 0. The molecule has 2 aliphatic rings. The van der Waals surface area contributed by atoms with Crippen LogP contribution in [0.15, 0.2) is 0 Å². The fourth-order valence-corrected chi connectivity index (χ4v) is 4.71. The van der Waals surface area contributed by atoms with E-state index in [1.54, 1.807) is 0 Å². The van der Waals surface area contributed by atoms with Gasteiger partial charge in [-0.1, -0.05) is 13.3 Å². The maximum absolute atomic E-state index is 12.8. The summed E-state index contributed by atoms with van der Waals surface area (Å²) in [6.07, 6.45) is 8.02. The highest BCUT2D eigenvalue weighted by Crippen LogP contribution is 2.28. The monoisotopic (exact) mass is 316 g/mol. The van der Waals surface area contributed by atoms with Gasteiger partial charge in [-0.05, 0) is 44.4 Å². The third-order valence-corrected chi connectivity index (χ3v) is 6.33. The highest BCUT2D eigenvalue weighted by Gasteiger charge is 2.37. The standard InChI is InChI=1S/C15H28N2O3S/c1-12-7-9-13(10-8-12)16(2)15(18)14-6-4-5-11-17(14)21(3,19)20/h12-14H,4-11H2,1-3H3/t12?,13?,14-/m1/s1. The average molecular weight is 316 g/mol. The summed E-state index contributed by atoms with van der Waals surface area (Å²) >= 11 is 0. The largest absolute Gasteiger partial charge is 0.341 e. The molecule has 1 saturated heterocycles. The van der Waals surface area contributed by atoms with Crippen molar-refractivity contribution in [1.29, 1.82) is 0 Å². The summed E-state index contributed by atoms with van der Waals surface area (Å²) in [5.41, 5.74) is 0. The number of sulfonamides is 1. The molecule has 1 aliphatic heterocycles. The van der Waals surface area contributed by atoms with Gasteiger partial charge in [-0.25, -0.2) is 8.42 Å². The molecule has 0 spiro atoms. The molecule has 1 saturated carbocycles. The Morgan fingerprint density at radius 3 is 2.29 bits per heavy atom. The predicted octanol–water partition coefficient (Wildman–Crippen LogP) is 1.84. The summed E-state index contributed by atoms with van der Waals surface area (Å²) < 4.78 is 25.2. The molecular weight excluding hydrogens is 288 g/mol. The minimum atomic E-state index is -3.31. The summed E-state index contributed by atoms with van der Waals surface area (Å²) in [5.74, 6) is 0.728. The van der Waals surface area contributed by atoms with E-state index in [-0.39, 0.29) is 11.9 Å². The minimum Gasteiger partial charge on any atom is -0.341 e. The minimum absolute atomic E-state index is 0.0142. The number of amides is 1. The second-order valence-corrected chi connectivity index (χ2v) is 8.68. The van der Waals surface area contributed by atoms with Crippen molar-refractivity contribution in [3.05, 3.63) is 0 Å². The van der Waals surface area contributed by atoms with E-state index in [9.17, 15) is 13.2 Å². The maximum Gasteiger partial charge on any atom is 0.241 e. The number of carbonyl (C=O) groups is 1. The molecule has 1 heterocycles. The average Bonchev–Trinajstić information content (AvgIpc) is 2.45. The van der Waals surface area contributed by atoms with Crippen LogP contribution in [-0.4, -0.2) is 55.5 Å². The van der Waals surface area contributed by atoms with Crippen LogP contribution in [0.25, 0.3) is 0 Å². The molecule has 1 aliphatic carbocycles. The van der Waals surface area contributed by atoms with Gasteiger partial charge < -0.3 is 4.90 Å². The third kappa shape index (κ3) is 3.97. The zero-order valence-electron chi connectivity index (χ0n) is 13.4. The van der Waals surface area contributed by atoms with E-state index in [4.69, 9.17) is 0 Å². The van der Waals surface area contributed by atoms with Gasteiger partial charge in [0.1, 0.15) is 6.04 Å². The van der Waals surface area contributed by atoms with Crippen molar-refractivity contribution in [2.75, 3.05) is 19.8 Å². The third-order valence-electron chi connectivity index (χ3n) is 5.05. The number of nitrogens with zero attached hydrogens (tertiary/aromatic N) is 2. The normalized spacial score (nSPS) is 31.9. The fourth-order valence-electron chi connectivity index (χ4n) is 3.59. The predicted molar refractivity (Wildman–Crippen MR) is 83.4 cm³/mol. The van der Waals surface area contributed by atoms with Crippen molar-refractivity contribution in [1.82, 2.24) is 9.21 Å². The van der Waals surface area contributed by atoms with Gasteiger partial charge in [0.05, 0.1) is 6.26 Å². The van der Waals surface area contributed by atoms with E-state index in [0.717, 1.165) is 44.4 Å². The van der Waals surface area contributed by atoms with Crippen LogP contribution < -0.4 is 0 Å². The first-order chi connectivity index (χ1) is 9.80. The van der Waals surface area contributed by atoms with Crippen molar-refractivity contribution < 1.29 is 13.2 Å². The van der Waals surface area contributed by atoms with E-state index in [2.05, 4.69) is 6.92 Å². The van der Waals surface area contributed by atoms with Crippen LogP contribution in [0.4, 0.5) is 0 Å². The Balaban J connectivity index is 2.06. The lowest BCUT2D eigenvalue weighted by Gasteiger charge is -2.39. The highest BCUT2D eigenvalue weighted by molar-refractivity contribution is 7.88. The first-order valence-corrected chi connectivity index (χ1v) is 9.89. The Hall–Kier alpha value is -0.620. The first-order valence-electron chi connectivity index (χ1n) is 8.04. The molecule has 2 fully saturated rings. The Kier molecular flexibility index (Phi) is 5.30. The zero-order valence-corrected chi connectivity index (χ0v) is 14.2. The summed E-state index contributed by atoms with van der Waals surface area (Å²) in [4.78, 5) is 14.6. The molecule has 0 unspecified atom stereocenters. The van der Waals surface area contributed by atoms with Crippen molar-refractivity contribution in [3.63, 3.8) is 0 Å². The molecule has 0 aromatic carbocycles. The molecule has 0 N–H and O–H groups in total. The van der Waals surface area contributed by atoms with Crippen LogP contribution in [0.3, 0.4) is 0 Å². The highest BCUT2D eigenvalue weighted by atomic mass is 32.2. The van der Waals surface area contributed by atoms with Crippen molar-refractivity contribution in [2.24, 2.45) is 5.92 Å². The number of piperidine rings is 1. The van der Waals surface area contributed by atoms with Gasteiger partial charge >= 0.3 is 0 Å². The number of hydrogen-bond acceptors (Lipinski definition) is 3. The molecule has 0 aromatic heterocycles. The molecule has 5 nitrogen and oxygen atoms in total. The van der Waals surface area contributed by atoms with Gasteiger partial charge in [0.25, 0.3) is 0 Å². The number of hydrogen-bond donors (Lipinski definition) is 0. The molecule has 2 rings (SSSR count). The van der Waals surface area contributed by atoms with Crippen molar-refractivity contribution in [3.8, 4) is 0 Å². The Morgan fingerprint density at radius 2 is 1.71 bits per heavy atom. The quantitative estimate of drug-likeness (QED) is 0.798. The maximum atomic E-state index is 12.8. The van der Waals surface area contributed by atoms with Crippen LogP contribution in [-0.2, 0) is 14.8 Å². The van der Waals surface area contributed by atoms with Crippen molar-refractivity contribution in [2.45, 2.75) is 64.0 Å². The zero-order chi connectivity index (χ0) is 15.6. The Labute approximate surface area is 128 Å². The fraction of sp³-hybridized carbons (Fsp3) is 0.933. The van der Waals surface area contributed by atoms with Crippen molar-refractivity contribution >= 4 is 15.9 Å². The molecule has 6 heteroatoms. The van der Waals surface area contributed by atoms with E-state index < -0.39 is 16.1 Å². The lowest BCUT2D eigenvalue weighted by molar-refractivity contribution is -0.137. The van der Waals surface area contributed by atoms with Gasteiger partial charge in [-0.3, -0.25) is 4.79 Å². The van der Waals surface area contributed by atoms with E-state index >= 15 is 0 Å². The van der Waals surface area contributed by atoms with Crippen LogP contribution in [0.5, 0.6) is 0 Å². The molecule has 122 valence electrons. The van der Waals surface area contributed by atoms with Crippen LogP contribution >= 0.6 is 0 Å². The van der Waals surface area contributed by atoms with E-state index in [0.29, 0.717) is 13.0 Å². The number of likely N-dealkylation sites (N-methyl/N-ethyl adjacent to an activating group) is 1. The first kappa shape index (κ1) is 16.7. The smallest absolute Gasteiger partial charge is 0.241 e. The summed E-state index contributed by atoms with van der Waals surface area (Å²) in [6.45, 7) is 2.73. The second-order valence-electron chi connectivity index (χ2n) is 6.75. The van der Waals surface area contributed by atoms with Crippen LogP contribution in [0.2, 0.25) is 0 Å².